The van der Waals surface area contributed by atoms with Crippen molar-refractivity contribution >= 4 is 36.2 Å². The standard InChI is InChI=1S/C9H14N2S.2ClH/c1-7-5-11-9(12-7)8-3-2-4-10-6-8;;/h5,8,10H,2-4,6H2,1H3;2*1H. The first-order valence-electron chi connectivity index (χ1n) is 4.49. The summed E-state index contributed by atoms with van der Waals surface area (Å²) in [6, 6.07) is 0. The number of rotatable bonds is 1. The monoisotopic (exact) mass is 254 g/mol. The van der Waals surface area contributed by atoms with Gasteiger partial charge in [0, 0.05) is 23.5 Å². The van der Waals surface area contributed by atoms with E-state index < -0.39 is 0 Å². The van der Waals surface area contributed by atoms with Gasteiger partial charge in [-0.2, -0.15) is 0 Å². The van der Waals surface area contributed by atoms with Crippen molar-refractivity contribution in [2.45, 2.75) is 25.7 Å². The van der Waals surface area contributed by atoms with E-state index in [1.54, 1.807) is 0 Å². The molecule has 0 spiro atoms. The van der Waals surface area contributed by atoms with Crippen molar-refractivity contribution in [2.24, 2.45) is 0 Å². The van der Waals surface area contributed by atoms with Crippen LogP contribution in [0.2, 0.25) is 0 Å². The van der Waals surface area contributed by atoms with E-state index in [4.69, 9.17) is 0 Å². The Morgan fingerprint density at radius 2 is 2.29 bits per heavy atom. The van der Waals surface area contributed by atoms with Crippen LogP contribution >= 0.6 is 36.2 Å². The smallest absolute Gasteiger partial charge is 0.0971 e. The lowest BCUT2D eigenvalue weighted by molar-refractivity contribution is 0.460. The highest BCUT2D eigenvalue weighted by Gasteiger charge is 2.17. The van der Waals surface area contributed by atoms with Crippen LogP contribution in [0, 0.1) is 6.92 Å². The molecule has 1 aliphatic heterocycles. The number of halogens is 2. The van der Waals surface area contributed by atoms with Gasteiger partial charge in [0.2, 0.25) is 0 Å². The van der Waals surface area contributed by atoms with Gasteiger partial charge in [-0.15, -0.1) is 36.2 Å². The molecule has 0 amide bonds. The molecule has 1 saturated heterocycles. The molecule has 0 aliphatic carbocycles. The van der Waals surface area contributed by atoms with Crippen molar-refractivity contribution in [1.82, 2.24) is 10.3 Å². The van der Waals surface area contributed by atoms with Crippen molar-refractivity contribution in [2.75, 3.05) is 13.1 Å². The number of piperidine rings is 1. The largest absolute Gasteiger partial charge is 0.316 e. The number of nitrogens with zero attached hydrogens (tertiary/aromatic N) is 1. The average Bonchev–Trinajstić information content (AvgIpc) is 2.54. The minimum atomic E-state index is 0. The molecule has 2 nitrogen and oxygen atoms in total. The first-order chi connectivity index (χ1) is 5.86. The number of aromatic nitrogens is 1. The predicted molar refractivity (Wildman–Crippen MR) is 66.2 cm³/mol. The summed E-state index contributed by atoms with van der Waals surface area (Å²) in [6.07, 6.45) is 4.58. The molecular formula is C9H16Cl2N2S. The van der Waals surface area contributed by atoms with Crippen molar-refractivity contribution in [3.63, 3.8) is 0 Å². The van der Waals surface area contributed by atoms with E-state index in [9.17, 15) is 0 Å². The second kappa shape index (κ2) is 6.62. The van der Waals surface area contributed by atoms with Gasteiger partial charge in [-0.05, 0) is 26.3 Å². The molecule has 1 aromatic heterocycles. The van der Waals surface area contributed by atoms with Crippen molar-refractivity contribution in [3.8, 4) is 0 Å². The van der Waals surface area contributed by atoms with Gasteiger partial charge in [0.15, 0.2) is 0 Å². The van der Waals surface area contributed by atoms with Crippen LogP contribution in [-0.4, -0.2) is 18.1 Å². The summed E-state index contributed by atoms with van der Waals surface area (Å²) in [4.78, 5) is 5.75. The SMILES string of the molecule is Cc1cnc(C2CCCNC2)s1.Cl.Cl. The van der Waals surface area contributed by atoms with E-state index in [-0.39, 0.29) is 24.8 Å². The van der Waals surface area contributed by atoms with Gasteiger partial charge in [0.25, 0.3) is 0 Å². The highest BCUT2D eigenvalue weighted by molar-refractivity contribution is 7.11. The number of aryl methyl sites for hydroxylation is 1. The van der Waals surface area contributed by atoms with E-state index in [2.05, 4.69) is 17.2 Å². The maximum atomic E-state index is 4.42. The molecule has 14 heavy (non-hydrogen) atoms. The Bertz CT molecular complexity index is 259. The average molecular weight is 255 g/mol. The fraction of sp³-hybridized carbons (Fsp3) is 0.667. The normalized spacial score (nSPS) is 20.8. The first-order valence-corrected chi connectivity index (χ1v) is 5.31. The van der Waals surface area contributed by atoms with Gasteiger partial charge in [-0.25, -0.2) is 4.98 Å². The molecule has 0 bridgehead atoms. The Kier molecular flexibility index (Phi) is 6.70. The molecule has 0 saturated carbocycles. The summed E-state index contributed by atoms with van der Waals surface area (Å²) >= 11 is 1.84. The molecule has 82 valence electrons. The number of hydrogen-bond donors (Lipinski definition) is 1. The highest BCUT2D eigenvalue weighted by Crippen LogP contribution is 2.26. The quantitative estimate of drug-likeness (QED) is 0.834. The minimum absolute atomic E-state index is 0. The second-order valence-electron chi connectivity index (χ2n) is 3.35. The van der Waals surface area contributed by atoms with Gasteiger partial charge in [0.1, 0.15) is 0 Å². The summed E-state index contributed by atoms with van der Waals surface area (Å²) in [5.41, 5.74) is 0. The lowest BCUT2D eigenvalue weighted by Crippen LogP contribution is -2.28. The Labute approximate surface area is 101 Å². The second-order valence-corrected chi connectivity index (χ2v) is 4.62. The molecular weight excluding hydrogens is 239 g/mol. The van der Waals surface area contributed by atoms with Gasteiger partial charge in [-0.3, -0.25) is 0 Å². The first kappa shape index (κ1) is 14.2. The highest BCUT2D eigenvalue weighted by atomic mass is 35.5. The van der Waals surface area contributed by atoms with Gasteiger partial charge >= 0.3 is 0 Å². The van der Waals surface area contributed by atoms with E-state index in [0.29, 0.717) is 5.92 Å². The fourth-order valence-electron chi connectivity index (χ4n) is 1.62. The molecule has 2 rings (SSSR count). The summed E-state index contributed by atoms with van der Waals surface area (Å²) in [6.45, 7) is 4.42. The van der Waals surface area contributed by atoms with Crippen molar-refractivity contribution < 1.29 is 0 Å². The van der Waals surface area contributed by atoms with Crippen LogP contribution in [-0.2, 0) is 0 Å². The molecule has 1 unspecified atom stereocenters. The summed E-state index contributed by atoms with van der Waals surface area (Å²) in [7, 11) is 0. The Morgan fingerprint density at radius 1 is 1.50 bits per heavy atom. The molecule has 1 aromatic rings. The molecule has 1 aliphatic rings. The van der Waals surface area contributed by atoms with Crippen LogP contribution in [0.25, 0.3) is 0 Å². The zero-order valence-corrected chi connectivity index (χ0v) is 10.6. The fourth-order valence-corrected chi connectivity index (χ4v) is 2.53. The number of nitrogens with one attached hydrogen (secondary N) is 1. The Hall–Kier alpha value is 0.170. The van der Waals surface area contributed by atoms with Crippen LogP contribution in [0.1, 0.15) is 28.6 Å². The van der Waals surface area contributed by atoms with Crippen LogP contribution in [0.4, 0.5) is 0 Å². The molecule has 0 radical (unpaired) electrons. The Morgan fingerprint density at radius 3 is 2.79 bits per heavy atom. The van der Waals surface area contributed by atoms with Crippen LogP contribution < -0.4 is 5.32 Å². The topological polar surface area (TPSA) is 24.9 Å². The molecule has 0 aromatic carbocycles. The molecule has 1 atom stereocenters. The summed E-state index contributed by atoms with van der Waals surface area (Å²) < 4.78 is 0. The van der Waals surface area contributed by atoms with E-state index >= 15 is 0 Å². The zero-order chi connectivity index (χ0) is 8.39. The third-order valence-corrected chi connectivity index (χ3v) is 3.36. The molecule has 5 heteroatoms. The van der Waals surface area contributed by atoms with E-state index in [0.717, 1.165) is 6.54 Å². The van der Waals surface area contributed by atoms with Gasteiger partial charge in [0.05, 0.1) is 5.01 Å². The van der Waals surface area contributed by atoms with Crippen LogP contribution in [0.3, 0.4) is 0 Å². The lowest BCUT2D eigenvalue weighted by Gasteiger charge is -2.20. The molecule has 1 fully saturated rings. The maximum Gasteiger partial charge on any atom is 0.0971 e. The molecule has 1 N–H and O–H groups in total. The summed E-state index contributed by atoms with van der Waals surface area (Å²) in [5, 5.41) is 4.73. The van der Waals surface area contributed by atoms with Crippen LogP contribution in [0.5, 0.6) is 0 Å². The van der Waals surface area contributed by atoms with E-state index in [1.807, 2.05) is 17.5 Å². The summed E-state index contributed by atoms with van der Waals surface area (Å²) in [5.74, 6) is 0.678. The lowest BCUT2D eigenvalue weighted by atomic mass is 10.0. The molecule has 2 heterocycles. The van der Waals surface area contributed by atoms with Gasteiger partial charge < -0.3 is 5.32 Å². The maximum absolute atomic E-state index is 4.42. The Balaban J connectivity index is 0.000000845. The number of hydrogen-bond acceptors (Lipinski definition) is 3. The van der Waals surface area contributed by atoms with Gasteiger partial charge in [-0.1, -0.05) is 0 Å². The third kappa shape index (κ3) is 3.39. The van der Waals surface area contributed by atoms with Crippen LogP contribution in [0.15, 0.2) is 6.20 Å². The van der Waals surface area contributed by atoms with Crippen molar-refractivity contribution in [3.05, 3.63) is 16.1 Å². The zero-order valence-electron chi connectivity index (χ0n) is 8.16. The van der Waals surface area contributed by atoms with E-state index in [1.165, 1.54) is 29.3 Å². The number of thiazole rings is 1. The third-order valence-electron chi connectivity index (χ3n) is 2.29. The van der Waals surface area contributed by atoms with Crippen molar-refractivity contribution in [1.29, 1.82) is 0 Å². The predicted octanol–water partition coefficient (Wildman–Crippen LogP) is 2.76. The minimum Gasteiger partial charge on any atom is -0.316 e.